The number of amides is 1. The molecule has 1 amide bonds. The predicted molar refractivity (Wildman–Crippen MR) is 77.9 cm³/mol. The zero-order chi connectivity index (χ0) is 13.9. The Morgan fingerprint density at radius 1 is 1.40 bits per heavy atom. The fraction of sp³-hybridized carbons (Fsp3) is 0.375. The number of benzene rings is 1. The Labute approximate surface area is 118 Å². The largest absolute Gasteiger partial charge is 0.383 e. The topological polar surface area (TPSA) is 51.2 Å². The summed E-state index contributed by atoms with van der Waals surface area (Å²) in [4.78, 5) is 17.0. The zero-order valence-corrected chi connectivity index (χ0v) is 11.6. The monoisotopic (exact) mass is 270 g/mol. The Bertz CT molecular complexity index is 635. The molecular formula is C16H18N2O2. The van der Waals surface area contributed by atoms with Crippen molar-refractivity contribution in [2.75, 3.05) is 20.3 Å². The molecule has 0 spiro atoms. The third kappa shape index (κ3) is 2.65. The van der Waals surface area contributed by atoms with Crippen LogP contribution in [0.4, 0.5) is 0 Å². The van der Waals surface area contributed by atoms with E-state index in [9.17, 15) is 4.79 Å². The summed E-state index contributed by atoms with van der Waals surface area (Å²) in [7, 11) is 1.62. The van der Waals surface area contributed by atoms with Crippen LogP contribution in [0.3, 0.4) is 0 Å². The number of para-hydroxylation sites is 1. The van der Waals surface area contributed by atoms with Gasteiger partial charge in [-0.25, -0.2) is 0 Å². The zero-order valence-electron chi connectivity index (χ0n) is 11.6. The molecule has 0 bridgehead atoms. The van der Waals surface area contributed by atoms with Gasteiger partial charge in [0, 0.05) is 30.7 Å². The van der Waals surface area contributed by atoms with E-state index in [2.05, 4.69) is 10.3 Å². The van der Waals surface area contributed by atoms with Crippen molar-refractivity contribution in [3.8, 4) is 0 Å². The molecule has 0 atom stereocenters. The number of hydrogen-bond donors (Lipinski definition) is 1. The quantitative estimate of drug-likeness (QED) is 0.849. The SMILES string of the molecule is COCCNC(=O)c1cc(C2CC2)nc2ccccc12. The third-order valence-corrected chi connectivity index (χ3v) is 3.57. The van der Waals surface area contributed by atoms with Gasteiger partial charge in [-0.15, -0.1) is 0 Å². The first-order valence-electron chi connectivity index (χ1n) is 6.96. The van der Waals surface area contributed by atoms with Gasteiger partial charge in [0.05, 0.1) is 17.7 Å². The fourth-order valence-electron chi connectivity index (χ4n) is 2.33. The molecule has 0 radical (unpaired) electrons. The highest BCUT2D eigenvalue weighted by atomic mass is 16.5. The van der Waals surface area contributed by atoms with Crippen LogP contribution in [-0.4, -0.2) is 31.2 Å². The number of pyridine rings is 1. The van der Waals surface area contributed by atoms with Crippen molar-refractivity contribution < 1.29 is 9.53 Å². The van der Waals surface area contributed by atoms with E-state index in [1.165, 1.54) is 12.8 Å². The summed E-state index contributed by atoms with van der Waals surface area (Å²) >= 11 is 0. The first kappa shape index (κ1) is 13.1. The molecule has 2 aromatic rings. The van der Waals surface area contributed by atoms with Crippen LogP contribution >= 0.6 is 0 Å². The Morgan fingerprint density at radius 3 is 2.95 bits per heavy atom. The minimum atomic E-state index is -0.0532. The van der Waals surface area contributed by atoms with E-state index in [0.29, 0.717) is 24.6 Å². The maximum Gasteiger partial charge on any atom is 0.252 e. The van der Waals surface area contributed by atoms with E-state index >= 15 is 0 Å². The third-order valence-electron chi connectivity index (χ3n) is 3.57. The van der Waals surface area contributed by atoms with Gasteiger partial charge in [0.25, 0.3) is 5.91 Å². The molecule has 3 rings (SSSR count). The molecule has 1 aliphatic rings. The molecule has 1 aromatic heterocycles. The van der Waals surface area contributed by atoms with Crippen molar-refractivity contribution >= 4 is 16.8 Å². The Kier molecular flexibility index (Phi) is 3.65. The van der Waals surface area contributed by atoms with Crippen LogP contribution in [0.2, 0.25) is 0 Å². The molecule has 4 heteroatoms. The van der Waals surface area contributed by atoms with Crippen LogP contribution in [0.15, 0.2) is 30.3 Å². The fourth-order valence-corrected chi connectivity index (χ4v) is 2.33. The van der Waals surface area contributed by atoms with Gasteiger partial charge in [0.2, 0.25) is 0 Å². The van der Waals surface area contributed by atoms with E-state index in [4.69, 9.17) is 4.74 Å². The number of hydrogen-bond acceptors (Lipinski definition) is 3. The number of nitrogens with one attached hydrogen (secondary N) is 1. The molecule has 20 heavy (non-hydrogen) atoms. The van der Waals surface area contributed by atoms with Crippen LogP contribution in [0, 0.1) is 0 Å². The first-order valence-corrected chi connectivity index (χ1v) is 6.96. The van der Waals surface area contributed by atoms with Crippen molar-refractivity contribution in [3.05, 3.63) is 41.6 Å². The highest BCUT2D eigenvalue weighted by Gasteiger charge is 2.26. The van der Waals surface area contributed by atoms with Crippen LogP contribution in [-0.2, 0) is 4.74 Å². The summed E-state index contributed by atoms with van der Waals surface area (Å²) < 4.78 is 4.96. The molecule has 1 N–H and O–H groups in total. The molecule has 1 aromatic carbocycles. The van der Waals surface area contributed by atoms with Gasteiger partial charge in [-0.2, -0.15) is 0 Å². The second-order valence-corrected chi connectivity index (χ2v) is 5.13. The number of carbonyl (C=O) groups is 1. The number of nitrogens with zero attached hydrogens (tertiary/aromatic N) is 1. The normalized spacial score (nSPS) is 14.4. The van der Waals surface area contributed by atoms with Crippen molar-refractivity contribution in [2.24, 2.45) is 0 Å². The van der Waals surface area contributed by atoms with Crippen molar-refractivity contribution in [2.45, 2.75) is 18.8 Å². The lowest BCUT2D eigenvalue weighted by molar-refractivity contribution is 0.0938. The van der Waals surface area contributed by atoms with E-state index in [-0.39, 0.29) is 5.91 Å². The summed E-state index contributed by atoms with van der Waals surface area (Å²) in [5, 5.41) is 3.80. The molecule has 4 nitrogen and oxygen atoms in total. The van der Waals surface area contributed by atoms with E-state index in [1.54, 1.807) is 7.11 Å². The highest BCUT2D eigenvalue weighted by molar-refractivity contribution is 6.06. The number of aromatic nitrogens is 1. The summed E-state index contributed by atoms with van der Waals surface area (Å²) in [5.41, 5.74) is 2.66. The number of ether oxygens (including phenoxy) is 1. The van der Waals surface area contributed by atoms with E-state index < -0.39 is 0 Å². The van der Waals surface area contributed by atoms with Crippen molar-refractivity contribution in [3.63, 3.8) is 0 Å². The van der Waals surface area contributed by atoms with Gasteiger partial charge >= 0.3 is 0 Å². The Balaban J connectivity index is 1.96. The number of fused-ring (bicyclic) bond motifs is 1. The minimum absolute atomic E-state index is 0.0532. The maximum atomic E-state index is 12.3. The molecule has 1 aliphatic carbocycles. The molecule has 1 heterocycles. The van der Waals surface area contributed by atoms with Crippen LogP contribution in [0.1, 0.15) is 34.8 Å². The summed E-state index contributed by atoms with van der Waals surface area (Å²) in [6.07, 6.45) is 2.35. The highest BCUT2D eigenvalue weighted by Crippen LogP contribution is 2.40. The first-order chi connectivity index (χ1) is 9.79. The number of methoxy groups -OCH3 is 1. The van der Waals surface area contributed by atoms with Gasteiger partial charge in [-0.3, -0.25) is 9.78 Å². The number of rotatable bonds is 5. The molecule has 0 aliphatic heterocycles. The van der Waals surface area contributed by atoms with E-state index in [0.717, 1.165) is 16.6 Å². The molecular weight excluding hydrogens is 252 g/mol. The van der Waals surface area contributed by atoms with Crippen molar-refractivity contribution in [1.82, 2.24) is 10.3 Å². The molecule has 0 unspecified atom stereocenters. The van der Waals surface area contributed by atoms with Gasteiger partial charge in [-0.05, 0) is 25.0 Å². The van der Waals surface area contributed by atoms with Gasteiger partial charge in [0.15, 0.2) is 0 Å². The maximum absolute atomic E-state index is 12.3. The minimum Gasteiger partial charge on any atom is -0.383 e. The van der Waals surface area contributed by atoms with Gasteiger partial charge < -0.3 is 10.1 Å². The van der Waals surface area contributed by atoms with Crippen LogP contribution in [0.25, 0.3) is 10.9 Å². The Morgan fingerprint density at radius 2 is 2.20 bits per heavy atom. The number of carbonyl (C=O) groups excluding carboxylic acids is 1. The lowest BCUT2D eigenvalue weighted by atomic mass is 10.1. The second-order valence-electron chi connectivity index (χ2n) is 5.13. The molecule has 1 fully saturated rings. The Hall–Kier alpha value is -1.94. The molecule has 104 valence electrons. The standard InChI is InChI=1S/C16H18N2O2/c1-20-9-8-17-16(19)13-10-15(11-6-7-11)18-14-5-3-2-4-12(13)14/h2-5,10-11H,6-9H2,1H3,(H,17,19). The molecule has 1 saturated carbocycles. The molecule has 0 saturated heterocycles. The van der Waals surface area contributed by atoms with Gasteiger partial charge in [-0.1, -0.05) is 18.2 Å². The van der Waals surface area contributed by atoms with Crippen molar-refractivity contribution in [1.29, 1.82) is 0 Å². The summed E-state index contributed by atoms with van der Waals surface area (Å²) in [5.74, 6) is 0.479. The lowest BCUT2D eigenvalue weighted by Crippen LogP contribution is -2.27. The predicted octanol–water partition coefficient (Wildman–Crippen LogP) is 2.49. The average Bonchev–Trinajstić information content (AvgIpc) is 3.31. The summed E-state index contributed by atoms with van der Waals surface area (Å²) in [6.45, 7) is 1.04. The van der Waals surface area contributed by atoms with E-state index in [1.807, 2.05) is 30.3 Å². The van der Waals surface area contributed by atoms with Crippen LogP contribution in [0.5, 0.6) is 0 Å². The van der Waals surface area contributed by atoms with Crippen LogP contribution < -0.4 is 5.32 Å². The smallest absolute Gasteiger partial charge is 0.252 e. The average molecular weight is 270 g/mol. The second kappa shape index (κ2) is 5.59. The van der Waals surface area contributed by atoms with Gasteiger partial charge in [0.1, 0.15) is 0 Å². The lowest BCUT2D eigenvalue weighted by Gasteiger charge is -2.10. The summed E-state index contributed by atoms with van der Waals surface area (Å²) in [6, 6.07) is 9.75.